The summed E-state index contributed by atoms with van der Waals surface area (Å²) in [6.45, 7) is 7.78. The van der Waals surface area contributed by atoms with E-state index in [0.29, 0.717) is 16.8 Å². The van der Waals surface area contributed by atoms with Crippen LogP contribution in [0.15, 0.2) is 59.3 Å². The maximum Gasteiger partial charge on any atom is 0.340 e. The molecule has 3 rings (SSSR count). The summed E-state index contributed by atoms with van der Waals surface area (Å²) in [6, 6.07) is 13.1. The van der Waals surface area contributed by atoms with E-state index in [9.17, 15) is 9.59 Å². The largest absolute Gasteiger partial charge is 0.497 e. The third kappa shape index (κ3) is 3.94. The Morgan fingerprint density at radius 3 is 2.31 bits per heavy atom. The number of esters is 1. The van der Waals surface area contributed by atoms with Crippen LogP contribution in [0.25, 0.3) is 6.08 Å². The molecule has 0 aliphatic carbocycles. The topological polar surface area (TPSA) is 55.8 Å². The number of amides is 1. The zero-order valence-electron chi connectivity index (χ0n) is 17.4. The summed E-state index contributed by atoms with van der Waals surface area (Å²) in [5.74, 6) is -0.0203. The number of hydrogen-bond donors (Lipinski definition) is 0. The molecule has 0 atom stereocenters. The van der Waals surface area contributed by atoms with Gasteiger partial charge < -0.3 is 9.47 Å². The first-order valence-corrected chi connectivity index (χ1v) is 9.53. The SMILES string of the molecule is CCOC(=O)C1=C(C)N(c2ccc(C)c(C)c2)C(=O)/C1=C\c1ccc(OC)cc1. The van der Waals surface area contributed by atoms with Crippen molar-refractivity contribution in [3.8, 4) is 5.75 Å². The molecule has 0 unspecified atom stereocenters. The summed E-state index contributed by atoms with van der Waals surface area (Å²) < 4.78 is 10.4. The Kier molecular flexibility index (Phi) is 5.87. The quantitative estimate of drug-likeness (QED) is 0.553. The van der Waals surface area contributed by atoms with Crippen molar-refractivity contribution in [2.24, 2.45) is 0 Å². The molecule has 29 heavy (non-hydrogen) atoms. The molecule has 0 spiro atoms. The Hall–Kier alpha value is -3.34. The van der Waals surface area contributed by atoms with E-state index in [2.05, 4.69) is 0 Å². The van der Waals surface area contributed by atoms with Gasteiger partial charge in [-0.1, -0.05) is 18.2 Å². The predicted molar refractivity (Wildman–Crippen MR) is 114 cm³/mol. The number of allylic oxidation sites excluding steroid dienone is 1. The molecule has 0 saturated carbocycles. The number of methoxy groups -OCH3 is 1. The van der Waals surface area contributed by atoms with E-state index < -0.39 is 5.97 Å². The maximum absolute atomic E-state index is 13.3. The van der Waals surface area contributed by atoms with Crippen LogP contribution in [0.2, 0.25) is 0 Å². The van der Waals surface area contributed by atoms with E-state index >= 15 is 0 Å². The molecule has 2 aromatic carbocycles. The summed E-state index contributed by atoms with van der Waals surface area (Å²) in [7, 11) is 1.60. The molecule has 0 radical (unpaired) electrons. The average molecular weight is 391 g/mol. The first kappa shape index (κ1) is 20.4. The van der Waals surface area contributed by atoms with Gasteiger partial charge in [0.1, 0.15) is 5.75 Å². The fraction of sp³-hybridized carbons (Fsp3) is 0.250. The monoisotopic (exact) mass is 391 g/mol. The minimum atomic E-state index is -0.496. The second-order valence-corrected chi connectivity index (χ2v) is 6.92. The van der Waals surface area contributed by atoms with Crippen molar-refractivity contribution in [1.29, 1.82) is 0 Å². The number of ether oxygens (including phenoxy) is 2. The van der Waals surface area contributed by atoms with Gasteiger partial charge in [0.25, 0.3) is 5.91 Å². The van der Waals surface area contributed by atoms with Crippen molar-refractivity contribution >= 4 is 23.6 Å². The van der Waals surface area contributed by atoms with Crippen LogP contribution in [-0.2, 0) is 14.3 Å². The van der Waals surface area contributed by atoms with Crippen LogP contribution in [0, 0.1) is 13.8 Å². The lowest BCUT2D eigenvalue weighted by atomic mass is 10.0. The van der Waals surface area contributed by atoms with Crippen molar-refractivity contribution in [2.75, 3.05) is 18.6 Å². The number of anilines is 1. The minimum absolute atomic E-state index is 0.239. The fourth-order valence-electron chi connectivity index (χ4n) is 3.32. The zero-order chi connectivity index (χ0) is 21.1. The van der Waals surface area contributed by atoms with Gasteiger partial charge in [-0.3, -0.25) is 9.69 Å². The molecule has 0 saturated heterocycles. The number of benzene rings is 2. The molecule has 1 heterocycles. The average Bonchev–Trinajstić information content (AvgIpc) is 2.95. The smallest absolute Gasteiger partial charge is 0.340 e. The van der Waals surface area contributed by atoms with Crippen molar-refractivity contribution in [3.05, 3.63) is 76.0 Å². The lowest BCUT2D eigenvalue weighted by molar-refractivity contribution is -0.138. The van der Waals surface area contributed by atoms with Gasteiger partial charge in [0.2, 0.25) is 0 Å². The number of rotatable bonds is 5. The lowest BCUT2D eigenvalue weighted by Gasteiger charge is -2.19. The summed E-state index contributed by atoms with van der Waals surface area (Å²) in [5, 5.41) is 0. The Bertz CT molecular complexity index is 1020. The molecular weight excluding hydrogens is 366 g/mol. The van der Waals surface area contributed by atoms with Crippen molar-refractivity contribution in [1.82, 2.24) is 0 Å². The molecule has 1 aliphatic rings. The van der Waals surface area contributed by atoms with Crippen molar-refractivity contribution < 1.29 is 19.1 Å². The zero-order valence-corrected chi connectivity index (χ0v) is 17.4. The van der Waals surface area contributed by atoms with E-state index in [-0.39, 0.29) is 12.5 Å². The van der Waals surface area contributed by atoms with Crippen molar-refractivity contribution in [2.45, 2.75) is 27.7 Å². The highest BCUT2D eigenvalue weighted by Crippen LogP contribution is 2.36. The van der Waals surface area contributed by atoms with Gasteiger partial charge >= 0.3 is 5.97 Å². The second kappa shape index (κ2) is 8.35. The van der Waals surface area contributed by atoms with Crippen LogP contribution in [0.4, 0.5) is 5.69 Å². The minimum Gasteiger partial charge on any atom is -0.497 e. The predicted octanol–water partition coefficient (Wildman–Crippen LogP) is 4.58. The highest BCUT2D eigenvalue weighted by atomic mass is 16.5. The third-order valence-corrected chi connectivity index (χ3v) is 5.06. The first-order chi connectivity index (χ1) is 13.9. The summed E-state index contributed by atoms with van der Waals surface area (Å²) in [6.07, 6.45) is 1.72. The maximum atomic E-state index is 13.3. The molecular formula is C24H25NO4. The van der Waals surface area contributed by atoms with Gasteiger partial charge in [-0.05, 0) is 74.7 Å². The van der Waals surface area contributed by atoms with Gasteiger partial charge in [0, 0.05) is 11.4 Å². The number of aryl methyl sites for hydroxylation is 2. The summed E-state index contributed by atoms with van der Waals surface area (Å²) in [4.78, 5) is 27.6. The van der Waals surface area contributed by atoms with Gasteiger partial charge in [-0.15, -0.1) is 0 Å². The van der Waals surface area contributed by atoms with E-state index in [1.54, 1.807) is 31.9 Å². The van der Waals surface area contributed by atoms with Crippen LogP contribution >= 0.6 is 0 Å². The Morgan fingerprint density at radius 1 is 1.03 bits per heavy atom. The normalized spacial score (nSPS) is 15.3. The number of hydrogen-bond acceptors (Lipinski definition) is 4. The number of carbonyl (C=O) groups excluding carboxylic acids is 2. The second-order valence-electron chi connectivity index (χ2n) is 6.92. The number of carbonyl (C=O) groups is 2. The van der Waals surface area contributed by atoms with Gasteiger partial charge in [-0.25, -0.2) is 4.79 Å². The first-order valence-electron chi connectivity index (χ1n) is 9.53. The van der Waals surface area contributed by atoms with E-state index in [0.717, 1.165) is 28.1 Å². The molecule has 1 amide bonds. The van der Waals surface area contributed by atoms with Crippen LogP contribution in [-0.4, -0.2) is 25.6 Å². The fourth-order valence-corrected chi connectivity index (χ4v) is 3.32. The molecule has 0 bridgehead atoms. The van der Waals surface area contributed by atoms with Crippen LogP contribution in [0.3, 0.4) is 0 Å². The van der Waals surface area contributed by atoms with E-state index in [1.807, 2.05) is 56.3 Å². The Labute approximate surface area is 171 Å². The van der Waals surface area contributed by atoms with Crippen LogP contribution < -0.4 is 9.64 Å². The molecule has 1 aliphatic heterocycles. The van der Waals surface area contributed by atoms with Crippen LogP contribution in [0.1, 0.15) is 30.5 Å². The van der Waals surface area contributed by atoms with Gasteiger partial charge in [-0.2, -0.15) is 0 Å². The van der Waals surface area contributed by atoms with Gasteiger partial charge in [0.15, 0.2) is 0 Å². The molecule has 2 aromatic rings. The summed E-state index contributed by atoms with van der Waals surface area (Å²) in [5.41, 5.74) is 4.93. The molecule has 150 valence electrons. The number of nitrogens with zero attached hydrogens (tertiary/aromatic N) is 1. The van der Waals surface area contributed by atoms with E-state index in [4.69, 9.17) is 9.47 Å². The Balaban J connectivity index is 2.11. The van der Waals surface area contributed by atoms with E-state index in [1.165, 1.54) is 0 Å². The van der Waals surface area contributed by atoms with Crippen molar-refractivity contribution in [3.63, 3.8) is 0 Å². The molecule has 0 fully saturated rings. The van der Waals surface area contributed by atoms with Gasteiger partial charge in [0.05, 0.1) is 24.9 Å². The Morgan fingerprint density at radius 2 is 1.72 bits per heavy atom. The molecule has 0 aromatic heterocycles. The lowest BCUT2D eigenvalue weighted by Crippen LogP contribution is -2.24. The molecule has 0 N–H and O–H groups in total. The van der Waals surface area contributed by atoms with Crippen LogP contribution in [0.5, 0.6) is 5.75 Å². The highest BCUT2D eigenvalue weighted by molar-refractivity contribution is 6.23. The molecule has 5 nitrogen and oxygen atoms in total. The molecule has 5 heteroatoms. The third-order valence-electron chi connectivity index (χ3n) is 5.06. The standard InChI is InChI=1S/C24H25NO4/c1-6-29-24(27)22-17(4)25(19-10-7-15(2)16(3)13-19)23(26)21(22)14-18-8-11-20(28-5)12-9-18/h7-14H,6H2,1-5H3/b21-14-. The highest BCUT2D eigenvalue weighted by Gasteiger charge is 2.38. The summed E-state index contributed by atoms with van der Waals surface area (Å²) >= 11 is 0.